The normalized spacial score (nSPS) is 11.4. The highest BCUT2D eigenvalue weighted by molar-refractivity contribution is 5.90. The average Bonchev–Trinajstić information content (AvgIpc) is 3.25. The highest BCUT2D eigenvalue weighted by Gasteiger charge is 2.29. The van der Waals surface area contributed by atoms with Crippen LogP contribution in [0, 0.1) is 0 Å². The van der Waals surface area contributed by atoms with Crippen molar-refractivity contribution in [1.82, 2.24) is 9.77 Å². The third kappa shape index (κ3) is 3.79. The fourth-order valence-electron chi connectivity index (χ4n) is 3.55. The number of nitrogens with zero attached hydrogens (tertiary/aromatic N) is 4. The van der Waals surface area contributed by atoms with Crippen molar-refractivity contribution >= 4 is 5.90 Å². The molecule has 5 heteroatoms. The zero-order valence-electron chi connectivity index (χ0n) is 17.2. The van der Waals surface area contributed by atoms with Crippen LogP contribution in [0.25, 0.3) is 28.5 Å². The quantitative estimate of drug-likeness (QED) is 0.246. The summed E-state index contributed by atoms with van der Waals surface area (Å²) in [7, 11) is 0. The van der Waals surface area contributed by atoms with E-state index in [9.17, 15) is 5.11 Å². The van der Waals surface area contributed by atoms with Crippen LogP contribution in [0.3, 0.4) is 0 Å². The van der Waals surface area contributed by atoms with Gasteiger partial charge in [-0.2, -0.15) is 0 Å². The topological polar surface area (TPSA) is 57.1 Å². The average molecular weight is 416 g/mol. The Morgan fingerprint density at radius 2 is 1.16 bits per heavy atom. The second-order valence-corrected chi connectivity index (χ2v) is 7.21. The van der Waals surface area contributed by atoms with Crippen molar-refractivity contribution in [1.29, 1.82) is 0 Å². The summed E-state index contributed by atoms with van der Waals surface area (Å²) in [6.45, 7) is 0. The molecule has 0 unspecified atom stereocenters. The van der Waals surface area contributed by atoms with Gasteiger partial charge in [0.1, 0.15) is 0 Å². The molecule has 0 saturated heterocycles. The number of hydrogen-bond donors (Lipinski definition) is 0. The van der Waals surface area contributed by atoms with E-state index in [1.807, 2.05) is 114 Å². The van der Waals surface area contributed by atoms with Gasteiger partial charge in [-0.1, -0.05) is 99.4 Å². The number of benzene rings is 4. The predicted molar refractivity (Wildman–Crippen MR) is 123 cm³/mol. The van der Waals surface area contributed by atoms with E-state index in [0.717, 1.165) is 16.8 Å². The summed E-state index contributed by atoms with van der Waals surface area (Å²) in [5.74, 6) is 0.940. The third-order valence-electron chi connectivity index (χ3n) is 5.07. The number of hydrogen-bond acceptors (Lipinski definition) is 3. The minimum absolute atomic E-state index is 0.336. The zero-order chi connectivity index (χ0) is 21.8. The molecule has 154 valence electrons. The van der Waals surface area contributed by atoms with E-state index < -0.39 is 0 Å². The molecule has 32 heavy (non-hydrogen) atoms. The first-order chi connectivity index (χ1) is 15.8. The molecule has 0 aliphatic rings. The molecule has 0 fully saturated rings. The fourth-order valence-corrected chi connectivity index (χ4v) is 3.55. The van der Waals surface area contributed by atoms with Crippen molar-refractivity contribution in [3.05, 3.63) is 127 Å². The molecule has 0 radical (unpaired) electrons. The molecule has 1 aromatic heterocycles. The summed E-state index contributed by atoms with van der Waals surface area (Å²) < 4.78 is 3.48. The first-order valence-electron chi connectivity index (χ1n) is 10.3. The third-order valence-corrected chi connectivity index (χ3v) is 5.07. The van der Waals surface area contributed by atoms with E-state index in [4.69, 9.17) is 5.10 Å². The van der Waals surface area contributed by atoms with Gasteiger partial charge < -0.3 is 5.11 Å². The van der Waals surface area contributed by atoms with E-state index >= 15 is 0 Å². The molecule has 0 spiro atoms. The lowest BCUT2D eigenvalue weighted by Crippen LogP contribution is -2.35. The molecular weight excluding hydrogens is 396 g/mol. The summed E-state index contributed by atoms with van der Waals surface area (Å²) in [6, 6.07) is 38.6. The monoisotopic (exact) mass is 416 g/mol. The number of rotatable bonds is 5. The first-order valence-corrected chi connectivity index (χ1v) is 10.3. The maximum atomic E-state index is 13.1. The van der Waals surface area contributed by atoms with Crippen LogP contribution in [-0.2, 0) is 0 Å². The van der Waals surface area contributed by atoms with Gasteiger partial charge >= 0.3 is 5.82 Å². The van der Waals surface area contributed by atoms with Crippen LogP contribution in [0.5, 0.6) is 0 Å². The molecular formula is C27H20N4O. The van der Waals surface area contributed by atoms with E-state index in [2.05, 4.69) is 5.10 Å². The highest BCUT2D eigenvalue weighted by atomic mass is 16.3. The molecule has 1 heterocycles. The van der Waals surface area contributed by atoms with E-state index in [0.29, 0.717) is 17.2 Å². The van der Waals surface area contributed by atoms with Crippen molar-refractivity contribution in [2.75, 3.05) is 0 Å². The lowest BCUT2D eigenvalue weighted by molar-refractivity contribution is -0.645. The van der Waals surface area contributed by atoms with Crippen LogP contribution in [0.1, 0.15) is 5.56 Å². The van der Waals surface area contributed by atoms with Crippen LogP contribution < -0.4 is 9.79 Å². The van der Waals surface area contributed by atoms with Gasteiger partial charge in [0.2, 0.25) is 0 Å². The van der Waals surface area contributed by atoms with Gasteiger partial charge in [-0.25, -0.2) is 0 Å². The Balaban J connectivity index is 1.82. The summed E-state index contributed by atoms with van der Waals surface area (Å²) >= 11 is 0. The lowest BCUT2D eigenvalue weighted by Gasteiger charge is -2.09. The van der Waals surface area contributed by atoms with E-state index in [-0.39, 0.29) is 5.90 Å². The van der Waals surface area contributed by atoms with Gasteiger partial charge in [-0.05, 0) is 47.1 Å². The molecule has 0 amide bonds. The summed E-state index contributed by atoms with van der Waals surface area (Å²) in [4.78, 5) is 0. The Kier molecular flexibility index (Phi) is 5.29. The van der Waals surface area contributed by atoms with E-state index in [1.165, 1.54) is 0 Å². The van der Waals surface area contributed by atoms with Gasteiger partial charge in [0.05, 0.1) is 5.56 Å². The first kappa shape index (κ1) is 19.5. The van der Waals surface area contributed by atoms with Crippen molar-refractivity contribution in [2.24, 2.45) is 5.10 Å². The minimum Gasteiger partial charge on any atom is -0.856 e. The Hall–Kier alpha value is -4.51. The second kappa shape index (κ2) is 8.70. The van der Waals surface area contributed by atoms with Crippen LogP contribution >= 0.6 is 0 Å². The Bertz CT molecular complexity index is 1350. The van der Waals surface area contributed by atoms with Crippen LogP contribution in [0.2, 0.25) is 0 Å². The zero-order valence-corrected chi connectivity index (χ0v) is 17.2. The van der Waals surface area contributed by atoms with Gasteiger partial charge in [0.15, 0.2) is 5.69 Å². The molecule has 0 saturated carbocycles. The SMILES string of the molecule is [O-]/C(=N\n1c(-c2ccccc2)n[n+](-c2ccccc2)c1-c1ccccc1)c1ccccc1. The standard InChI is InChI=1S/C27H20N4O/c32-26(22-15-7-2-8-16-22)29-31-25(21-13-5-1-6-14-21)28-30(24-19-11-4-12-20-24)27(31)23-17-9-3-10-18-23/h1-20H. The molecule has 0 N–H and O–H groups in total. The summed E-state index contributed by atoms with van der Waals surface area (Å²) in [5, 5.41) is 22.5. The fraction of sp³-hybridized carbons (Fsp3) is 0. The molecule has 4 aromatic carbocycles. The van der Waals surface area contributed by atoms with E-state index in [1.54, 1.807) is 16.8 Å². The van der Waals surface area contributed by atoms with Crippen molar-refractivity contribution in [3.8, 4) is 28.5 Å². The van der Waals surface area contributed by atoms with Gasteiger partial charge in [-0.3, -0.25) is 0 Å². The van der Waals surface area contributed by atoms with Crippen molar-refractivity contribution in [3.63, 3.8) is 0 Å². The van der Waals surface area contributed by atoms with Crippen molar-refractivity contribution in [2.45, 2.75) is 0 Å². The number of para-hydroxylation sites is 1. The number of aromatic nitrogens is 3. The largest absolute Gasteiger partial charge is 0.856 e. The Morgan fingerprint density at radius 1 is 0.656 bits per heavy atom. The van der Waals surface area contributed by atoms with Gasteiger partial charge in [0.25, 0.3) is 5.82 Å². The maximum absolute atomic E-state index is 13.1. The molecule has 5 aromatic rings. The van der Waals surface area contributed by atoms with Crippen molar-refractivity contribution < 1.29 is 9.79 Å². The van der Waals surface area contributed by atoms with Gasteiger partial charge in [-0.15, -0.1) is 0 Å². The van der Waals surface area contributed by atoms with Crippen LogP contribution in [0.4, 0.5) is 0 Å². The summed E-state index contributed by atoms with van der Waals surface area (Å²) in [5.41, 5.74) is 3.16. The smallest absolute Gasteiger partial charge is 0.342 e. The molecule has 0 atom stereocenters. The molecule has 0 aliphatic heterocycles. The Labute approximate surface area is 186 Å². The summed E-state index contributed by atoms with van der Waals surface area (Å²) in [6.07, 6.45) is 0. The maximum Gasteiger partial charge on any atom is 0.342 e. The molecule has 5 nitrogen and oxygen atoms in total. The second-order valence-electron chi connectivity index (χ2n) is 7.21. The molecule has 0 bridgehead atoms. The van der Waals surface area contributed by atoms with Crippen LogP contribution in [-0.4, -0.2) is 15.7 Å². The lowest BCUT2D eigenvalue weighted by atomic mass is 10.2. The molecule has 0 aliphatic carbocycles. The highest BCUT2D eigenvalue weighted by Crippen LogP contribution is 2.25. The Morgan fingerprint density at radius 3 is 1.75 bits per heavy atom. The predicted octanol–water partition coefficient (Wildman–Crippen LogP) is 4.06. The van der Waals surface area contributed by atoms with Gasteiger partial charge in [0, 0.05) is 11.5 Å². The molecule has 5 rings (SSSR count). The minimum atomic E-state index is -0.336. The van der Waals surface area contributed by atoms with Crippen LogP contribution in [0.15, 0.2) is 126 Å².